The standard InChI is InChI=1S/C30H40N6O3/c1-22(39-2)20-36(17-7-6-12-25-14-13-24-11-8-16-32-28(24)34-25)18-15-27(30(37)38)35-29-26(19-31-21-33-29)23-9-4-3-5-10-23/h3-5,9-10,13-14,19,21-22,27H,6-8,11-12,15-18,20H2,1-2H3,(H,32,34)(H,37,38)(H,31,33,35)/t22-,27+/m1/s1. The summed E-state index contributed by atoms with van der Waals surface area (Å²) in [6.45, 7) is 5.27. The topological polar surface area (TPSA) is 113 Å². The fraction of sp³-hybridized carbons (Fsp3) is 0.467. The van der Waals surface area contributed by atoms with Crippen molar-refractivity contribution in [2.24, 2.45) is 0 Å². The number of nitrogens with zero attached hydrogens (tertiary/aromatic N) is 4. The SMILES string of the molecule is CO[C@H](C)CN(CCCCc1ccc2c(n1)NCCC2)CC[C@H](Nc1ncncc1-c1ccccc1)C(=O)O. The molecule has 1 aliphatic rings. The maximum Gasteiger partial charge on any atom is 0.326 e. The second kappa shape index (κ2) is 14.6. The van der Waals surface area contributed by atoms with Gasteiger partial charge in [0.1, 0.15) is 24.0 Å². The summed E-state index contributed by atoms with van der Waals surface area (Å²) in [4.78, 5) is 27.8. The minimum atomic E-state index is -0.903. The Morgan fingerprint density at radius 1 is 1.18 bits per heavy atom. The van der Waals surface area contributed by atoms with Gasteiger partial charge >= 0.3 is 5.97 Å². The van der Waals surface area contributed by atoms with Crippen molar-refractivity contribution in [1.82, 2.24) is 19.9 Å². The molecule has 0 saturated heterocycles. The molecule has 2 atom stereocenters. The molecule has 3 aromatic rings. The van der Waals surface area contributed by atoms with Crippen LogP contribution in [0.5, 0.6) is 0 Å². The molecule has 0 amide bonds. The predicted octanol–water partition coefficient (Wildman–Crippen LogP) is 4.51. The molecule has 208 valence electrons. The average molecular weight is 533 g/mol. The summed E-state index contributed by atoms with van der Waals surface area (Å²) < 4.78 is 5.52. The molecule has 4 rings (SSSR count). The van der Waals surface area contributed by atoms with Gasteiger partial charge in [-0.05, 0) is 69.2 Å². The van der Waals surface area contributed by atoms with Crippen LogP contribution in [0, 0.1) is 0 Å². The Bertz CT molecular complexity index is 1190. The highest BCUT2D eigenvalue weighted by Crippen LogP contribution is 2.26. The molecule has 0 aliphatic carbocycles. The Morgan fingerprint density at radius 2 is 2.03 bits per heavy atom. The summed E-state index contributed by atoms with van der Waals surface area (Å²) in [6, 6.07) is 13.3. The van der Waals surface area contributed by atoms with Crippen molar-refractivity contribution in [2.75, 3.05) is 43.9 Å². The number of carbonyl (C=O) groups is 1. The number of benzene rings is 1. The number of aliphatic carboxylic acids is 1. The second-order valence-electron chi connectivity index (χ2n) is 10.1. The number of carboxylic acids is 1. The highest BCUT2D eigenvalue weighted by molar-refractivity contribution is 5.81. The second-order valence-corrected chi connectivity index (χ2v) is 10.1. The van der Waals surface area contributed by atoms with Crippen LogP contribution >= 0.6 is 0 Å². The molecule has 3 heterocycles. The number of aromatic nitrogens is 3. The van der Waals surface area contributed by atoms with Crippen molar-refractivity contribution in [3.63, 3.8) is 0 Å². The first kappa shape index (κ1) is 28.4. The van der Waals surface area contributed by atoms with Crippen LogP contribution < -0.4 is 10.6 Å². The maximum atomic E-state index is 12.2. The highest BCUT2D eigenvalue weighted by atomic mass is 16.5. The number of fused-ring (bicyclic) bond motifs is 1. The minimum Gasteiger partial charge on any atom is -0.480 e. The zero-order valence-corrected chi connectivity index (χ0v) is 23.0. The molecular weight excluding hydrogens is 492 g/mol. The number of nitrogens with one attached hydrogen (secondary N) is 2. The van der Waals surface area contributed by atoms with Crippen LogP contribution in [-0.2, 0) is 22.4 Å². The van der Waals surface area contributed by atoms with Crippen molar-refractivity contribution in [3.8, 4) is 11.1 Å². The van der Waals surface area contributed by atoms with Crippen LogP contribution in [0.3, 0.4) is 0 Å². The number of rotatable bonds is 15. The van der Waals surface area contributed by atoms with Gasteiger partial charge in [0.2, 0.25) is 0 Å². The number of pyridine rings is 1. The fourth-order valence-corrected chi connectivity index (χ4v) is 4.89. The summed E-state index contributed by atoms with van der Waals surface area (Å²) in [5, 5.41) is 16.6. The molecule has 2 aromatic heterocycles. The summed E-state index contributed by atoms with van der Waals surface area (Å²) in [5.74, 6) is 0.660. The molecule has 0 bridgehead atoms. The first-order valence-corrected chi connectivity index (χ1v) is 13.9. The van der Waals surface area contributed by atoms with Crippen LogP contribution in [-0.4, -0.2) is 76.4 Å². The number of methoxy groups -OCH3 is 1. The number of unbranched alkanes of at least 4 members (excludes halogenated alkanes) is 1. The Balaban J connectivity index is 1.33. The molecule has 9 heteroatoms. The van der Waals surface area contributed by atoms with Crippen LogP contribution in [0.2, 0.25) is 0 Å². The summed E-state index contributed by atoms with van der Waals surface area (Å²) >= 11 is 0. The monoisotopic (exact) mass is 532 g/mol. The number of carboxylic acid groups (broad SMARTS) is 1. The van der Waals surface area contributed by atoms with Gasteiger partial charge in [-0.15, -0.1) is 0 Å². The van der Waals surface area contributed by atoms with E-state index in [1.807, 2.05) is 37.3 Å². The van der Waals surface area contributed by atoms with E-state index in [2.05, 4.69) is 37.6 Å². The fourth-order valence-electron chi connectivity index (χ4n) is 4.89. The summed E-state index contributed by atoms with van der Waals surface area (Å²) in [6.07, 6.45) is 8.84. The smallest absolute Gasteiger partial charge is 0.326 e. The van der Waals surface area contributed by atoms with Crippen LogP contribution in [0.15, 0.2) is 55.0 Å². The minimum absolute atomic E-state index is 0.0566. The van der Waals surface area contributed by atoms with Crippen molar-refractivity contribution >= 4 is 17.6 Å². The van der Waals surface area contributed by atoms with E-state index in [1.54, 1.807) is 13.3 Å². The molecule has 1 aromatic carbocycles. The van der Waals surface area contributed by atoms with Gasteiger partial charge in [0.05, 0.1) is 6.10 Å². The molecule has 0 spiro atoms. The largest absolute Gasteiger partial charge is 0.480 e. The summed E-state index contributed by atoms with van der Waals surface area (Å²) in [7, 11) is 1.71. The molecule has 0 fully saturated rings. The first-order chi connectivity index (χ1) is 19.0. The number of aryl methyl sites for hydroxylation is 2. The predicted molar refractivity (Wildman–Crippen MR) is 154 cm³/mol. The maximum absolute atomic E-state index is 12.2. The molecule has 0 saturated carbocycles. The average Bonchev–Trinajstić information content (AvgIpc) is 2.97. The van der Waals surface area contributed by atoms with E-state index >= 15 is 0 Å². The molecule has 1 aliphatic heterocycles. The van der Waals surface area contributed by atoms with E-state index in [0.717, 1.165) is 74.4 Å². The molecule has 0 radical (unpaired) electrons. The number of anilines is 2. The Kier molecular flexibility index (Phi) is 10.6. The lowest BCUT2D eigenvalue weighted by Gasteiger charge is -2.27. The van der Waals surface area contributed by atoms with Gasteiger partial charge in [-0.2, -0.15) is 0 Å². The third-order valence-electron chi connectivity index (χ3n) is 7.17. The van der Waals surface area contributed by atoms with Crippen molar-refractivity contribution in [3.05, 3.63) is 66.2 Å². The van der Waals surface area contributed by atoms with Crippen LogP contribution in [0.1, 0.15) is 43.9 Å². The van der Waals surface area contributed by atoms with Gasteiger partial charge in [0, 0.05) is 44.2 Å². The van der Waals surface area contributed by atoms with Crippen molar-refractivity contribution in [1.29, 1.82) is 0 Å². The Labute approximate surface area is 231 Å². The Morgan fingerprint density at radius 3 is 2.82 bits per heavy atom. The van der Waals surface area contributed by atoms with Gasteiger partial charge in [0.25, 0.3) is 0 Å². The third-order valence-corrected chi connectivity index (χ3v) is 7.17. The molecule has 0 unspecified atom stereocenters. The van der Waals surface area contributed by atoms with E-state index < -0.39 is 12.0 Å². The van der Waals surface area contributed by atoms with Crippen molar-refractivity contribution in [2.45, 2.75) is 57.6 Å². The normalized spacial score (nSPS) is 14.3. The van der Waals surface area contributed by atoms with Gasteiger partial charge in [-0.3, -0.25) is 0 Å². The Hall–Kier alpha value is -3.56. The third kappa shape index (κ3) is 8.46. The van der Waals surface area contributed by atoms with Crippen LogP contribution in [0.4, 0.5) is 11.6 Å². The summed E-state index contributed by atoms with van der Waals surface area (Å²) in [5.41, 5.74) is 4.14. The molecule has 3 N–H and O–H groups in total. The lowest BCUT2D eigenvalue weighted by molar-refractivity contribution is -0.138. The quantitative estimate of drug-likeness (QED) is 0.243. The van der Waals surface area contributed by atoms with Crippen LogP contribution in [0.25, 0.3) is 11.1 Å². The van der Waals surface area contributed by atoms with Gasteiger partial charge in [0.15, 0.2) is 0 Å². The number of hydrogen-bond acceptors (Lipinski definition) is 8. The zero-order chi connectivity index (χ0) is 27.5. The van der Waals surface area contributed by atoms with Crippen molar-refractivity contribution < 1.29 is 14.6 Å². The van der Waals surface area contributed by atoms with E-state index in [1.165, 1.54) is 11.9 Å². The van der Waals surface area contributed by atoms with E-state index in [4.69, 9.17) is 9.72 Å². The van der Waals surface area contributed by atoms with Gasteiger partial charge in [-0.1, -0.05) is 36.4 Å². The first-order valence-electron chi connectivity index (χ1n) is 13.9. The molecular formula is C30H40N6O3. The lowest BCUT2D eigenvalue weighted by atomic mass is 10.1. The number of ether oxygens (including phenoxy) is 1. The lowest BCUT2D eigenvalue weighted by Crippen LogP contribution is -2.38. The molecule has 9 nitrogen and oxygen atoms in total. The zero-order valence-electron chi connectivity index (χ0n) is 23.0. The molecule has 39 heavy (non-hydrogen) atoms. The van der Waals surface area contributed by atoms with E-state index in [-0.39, 0.29) is 6.10 Å². The van der Waals surface area contributed by atoms with E-state index in [0.29, 0.717) is 18.8 Å². The van der Waals surface area contributed by atoms with Gasteiger partial charge < -0.3 is 25.4 Å². The van der Waals surface area contributed by atoms with Gasteiger partial charge in [-0.25, -0.2) is 19.7 Å². The number of hydrogen-bond donors (Lipinski definition) is 3. The van der Waals surface area contributed by atoms with E-state index in [9.17, 15) is 9.90 Å². The highest BCUT2D eigenvalue weighted by Gasteiger charge is 2.22.